The summed E-state index contributed by atoms with van der Waals surface area (Å²) in [5.41, 5.74) is 0. The number of aliphatic hydroxyl groups is 1. The Morgan fingerprint density at radius 1 is 1.50 bits per heavy atom. The van der Waals surface area contributed by atoms with E-state index in [9.17, 15) is 9.90 Å². The summed E-state index contributed by atoms with van der Waals surface area (Å²) >= 11 is 1.50. The number of carbonyl (C=O) groups excluding carboxylic acids is 1. The highest BCUT2D eigenvalue weighted by molar-refractivity contribution is 7.19. The fourth-order valence-electron chi connectivity index (χ4n) is 1.51. The third-order valence-corrected chi connectivity index (χ3v) is 3.58. The summed E-state index contributed by atoms with van der Waals surface area (Å²) < 4.78 is 5.63. The van der Waals surface area contributed by atoms with Crippen molar-refractivity contribution in [2.75, 3.05) is 7.11 Å². The topological polar surface area (TPSA) is 46.5 Å². The fourth-order valence-corrected chi connectivity index (χ4v) is 2.56. The first-order valence-electron chi connectivity index (χ1n) is 4.94. The molecule has 1 unspecified atom stereocenters. The van der Waals surface area contributed by atoms with Gasteiger partial charge in [-0.1, -0.05) is 18.2 Å². The lowest BCUT2D eigenvalue weighted by molar-refractivity contribution is -0.142. The number of methoxy groups -OCH3 is 1. The van der Waals surface area contributed by atoms with Crippen LogP contribution in [0, 0.1) is 0 Å². The highest BCUT2D eigenvalue weighted by Gasteiger charge is 2.15. The molecule has 1 aromatic heterocycles. The molecule has 0 amide bonds. The van der Waals surface area contributed by atoms with Crippen molar-refractivity contribution in [1.29, 1.82) is 0 Å². The van der Waals surface area contributed by atoms with E-state index in [0.717, 1.165) is 15.0 Å². The van der Waals surface area contributed by atoms with Gasteiger partial charge in [0.05, 0.1) is 19.6 Å². The van der Waals surface area contributed by atoms with Gasteiger partial charge in [0.15, 0.2) is 0 Å². The summed E-state index contributed by atoms with van der Waals surface area (Å²) in [7, 11) is 1.32. The molecule has 0 radical (unpaired) electrons. The Kier molecular flexibility index (Phi) is 3.22. The van der Waals surface area contributed by atoms with E-state index < -0.39 is 12.1 Å². The van der Waals surface area contributed by atoms with Crippen LogP contribution < -0.4 is 0 Å². The van der Waals surface area contributed by atoms with Crippen LogP contribution in [0.4, 0.5) is 0 Å². The minimum atomic E-state index is -0.773. The van der Waals surface area contributed by atoms with Gasteiger partial charge in [-0.15, -0.1) is 11.3 Å². The molecule has 0 bridgehead atoms. The van der Waals surface area contributed by atoms with Crippen molar-refractivity contribution in [2.45, 2.75) is 12.5 Å². The number of thiophene rings is 1. The Hall–Kier alpha value is -1.39. The molecular weight excluding hydrogens is 224 g/mol. The van der Waals surface area contributed by atoms with Crippen LogP contribution >= 0.6 is 11.3 Å². The lowest BCUT2D eigenvalue weighted by atomic mass is 10.2. The quantitative estimate of drug-likeness (QED) is 0.833. The van der Waals surface area contributed by atoms with Crippen molar-refractivity contribution in [3.8, 4) is 0 Å². The SMILES string of the molecule is COC(=O)CC(O)c1cc2ccccc2s1. The van der Waals surface area contributed by atoms with Crippen LogP contribution in [-0.2, 0) is 9.53 Å². The van der Waals surface area contributed by atoms with Crippen molar-refractivity contribution in [1.82, 2.24) is 0 Å². The van der Waals surface area contributed by atoms with Gasteiger partial charge >= 0.3 is 5.97 Å². The van der Waals surface area contributed by atoms with Crippen molar-refractivity contribution >= 4 is 27.4 Å². The van der Waals surface area contributed by atoms with E-state index in [2.05, 4.69) is 4.74 Å². The highest BCUT2D eigenvalue weighted by Crippen LogP contribution is 2.31. The smallest absolute Gasteiger partial charge is 0.308 e. The third kappa shape index (κ3) is 2.23. The fraction of sp³-hybridized carbons (Fsp3) is 0.250. The Morgan fingerprint density at radius 3 is 2.94 bits per heavy atom. The zero-order chi connectivity index (χ0) is 11.5. The molecule has 0 aliphatic heterocycles. The summed E-state index contributed by atoms with van der Waals surface area (Å²) in [4.78, 5) is 11.8. The van der Waals surface area contributed by atoms with Gasteiger partial charge in [-0.05, 0) is 17.5 Å². The Morgan fingerprint density at radius 2 is 2.25 bits per heavy atom. The van der Waals surface area contributed by atoms with E-state index in [-0.39, 0.29) is 6.42 Å². The number of hydrogen-bond donors (Lipinski definition) is 1. The lowest BCUT2D eigenvalue weighted by Crippen LogP contribution is -2.06. The van der Waals surface area contributed by atoms with Gasteiger partial charge in [0, 0.05) is 9.58 Å². The van der Waals surface area contributed by atoms with Crippen LogP contribution in [0.5, 0.6) is 0 Å². The molecule has 2 aromatic rings. The van der Waals surface area contributed by atoms with Crippen LogP contribution in [-0.4, -0.2) is 18.2 Å². The van der Waals surface area contributed by atoms with Crippen LogP contribution in [0.3, 0.4) is 0 Å². The summed E-state index contributed by atoms with van der Waals surface area (Å²) in [6.45, 7) is 0. The second-order valence-electron chi connectivity index (χ2n) is 3.48. The maximum atomic E-state index is 11.0. The predicted octanol–water partition coefficient (Wildman–Crippen LogP) is 2.50. The molecule has 0 aliphatic rings. The summed E-state index contributed by atoms with van der Waals surface area (Å²) in [6.07, 6.45) is -0.770. The van der Waals surface area contributed by atoms with Gasteiger partial charge in [-0.25, -0.2) is 0 Å². The summed E-state index contributed by atoms with van der Waals surface area (Å²) in [6, 6.07) is 9.79. The molecule has 2 rings (SSSR count). The first-order chi connectivity index (χ1) is 7.70. The predicted molar refractivity (Wildman–Crippen MR) is 63.4 cm³/mol. The van der Waals surface area contributed by atoms with Crippen LogP contribution in [0.2, 0.25) is 0 Å². The largest absolute Gasteiger partial charge is 0.469 e. The number of fused-ring (bicyclic) bond motifs is 1. The highest BCUT2D eigenvalue weighted by atomic mass is 32.1. The van der Waals surface area contributed by atoms with Gasteiger partial charge in [0.2, 0.25) is 0 Å². The molecule has 1 heterocycles. The number of esters is 1. The molecule has 1 N–H and O–H groups in total. The first-order valence-corrected chi connectivity index (χ1v) is 5.75. The Balaban J connectivity index is 2.23. The van der Waals surface area contributed by atoms with E-state index in [1.165, 1.54) is 18.4 Å². The van der Waals surface area contributed by atoms with Gasteiger partial charge < -0.3 is 9.84 Å². The molecule has 84 valence electrons. The van der Waals surface area contributed by atoms with E-state index in [0.29, 0.717) is 0 Å². The molecule has 0 fully saturated rings. The summed E-state index contributed by atoms with van der Waals surface area (Å²) in [5.74, 6) is -0.398. The van der Waals surface area contributed by atoms with Gasteiger partial charge in [-0.3, -0.25) is 4.79 Å². The molecule has 3 nitrogen and oxygen atoms in total. The van der Waals surface area contributed by atoms with E-state index >= 15 is 0 Å². The zero-order valence-electron chi connectivity index (χ0n) is 8.84. The monoisotopic (exact) mass is 236 g/mol. The number of ether oxygens (including phenoxy) is 1. The maximum absolute atomic E-state index is 11.0. The second kappa shape index (κ2) is 4.63. The van der Waals surface area contributed by atoms with Gasteiger partial charge in [0.25, 0.3) is 0 Å². The Bertz CT molecular complexity index is 471. The molecular formula is C12H12O3S. The van der Waals surface area contributed by atoms with Crippen molar-refractivity contribution in [3.63, 3.8) is 0 Å². The van der Waals surface area contributed by atoms with Crippen LogP contribution in [0.1, 0.15) is 17.4 Å². The zero-order valence-corrected chi connectivity index (χ0v) is 9.66. The maximum Gasteiger partial charge on any atom is 0.308 e. The number of benzene rings is 1. The van der Waals surface area contributed by atoms with Crippen molar-refractivity contribution < 1.29 is 14.6 Å². The van der Waals surface area contributed by atoms with Gasteiger partial charge in [-0.2, -0.15) is 0 Å². The Labute approximate surface area is 97.3 Å². The molecule has 0 saturated heterocycles. The number of aliphatic hydroxyl groups excluding tert-OH is 1. The van der Waals surface area contributed by atoms with E-state index in [4.69, 9.17) is 0 Å². The molecule has 1 aromatic carbocycles. The lowest BCUT2D eigenvalue weighted by Gasteiger charge is -2.05. The molecule has 16 heavy (non-hydrogen) atoms. The van der Waals surface area contributed by atoms with Crippen LogP contribution in [0.25, 0.3) is 10.1 Å². The molecule has 1 atom stereocenters. The average molecular weight is 236 g/mol. The van der Waals surface area contributed by atoms with Crippen molar-refractivity contribution in [2.24, 2.45) is 0 Å². The minimum absolute atomic E-state index is 0.00330. The van der Waals surface area contributed by atoms with Crippen LogP contribution in [0.15, 0.2) is 30.3 Å². The normalized spacial score (nSPS) is 12.6. The third-order valence-electron chi connectivity index (χ3n) is 2.36. The van der Waals surface area contributed by atoms with E-state index in [1.807, 2.05) is 30.3 Å². The number of carbonyl (C=O) groups is 1. The average Bonchev–Trinajstić information content (AvgIpc) is 2.72. The van der Waals surface area contributed by atoms with Crippen molar-refractivity contribution in [3.05, 3.63) is 35.2 Å². The number of hydrogen-bond acceptors (Lipinski definition) is 4. The number of rotatable bonds is 3. The summed E-state index contributed by atoms with van der Waals surface area (Å²) in [5, 5.41) is 10.9. The standard InChI is InChI=1S/C12H12O3S/c1-15-12(14)7-9(13)11-6-8-4-2-3-5-10(8)16-11/h2-6,9,13H,7H2,1H3. The molecule has 0 saturated carbocycles. The first kappa shape index (κ1) is 11.1. The van der Waals surface area contributed by atoms with E-state index in [1.54, 1.807) is 0 Å². The molecule has 0 spiro atoms. The minimum Gasteiger partial charge on any atom is -0.469 e. The molecule has 4 heteroatoms. The van der Waals surface area contributed by atoms with Gasteiger partial charge in [0.1, 0.15) is 0 Å². The second-order valence-corrected chi connectivity index (χ2v) is 4.60. The molecule has 0 aliphatic carbocycles.